The molecule has 0 unspecified atom stereocenters. The second-order valence-electron chi connectivity index (χ2n) is 5.63. The summed E-state index contributed by atoms with van der Waals surface area (Å²) < 4.78 is 10.1. The zero-order valence-corrected chi connectivity index (χ0v) is 17.6. The first-order valence-corrected chi connectivity index (χ1v) is 10.1. The zero-order chi connectivity index (χ0) is 21.1. The van der Waals surface area contributed by atoms with Crippen LogP contribution in [0.25, 0.3) is 0 Å². The monoisotopic (exact) mass is 434 g/mol. The highest BCUT2D eigenvalue weighted by atomic mass is 32.2. The normalized spacial score (nSPS) is 9.86. The molecule has 0 aliphatic carbocycles. The molecule has 0 aromatic heterocycles. The second-order valence-corrected chi connectivity index (χ2v) is 7.02. The van der Waals surface area contributed by atoms with Crippen LogP contribution in [0.1, 0.15) is 0 Å². The van der Waals surface area contributed by atoms with Crippen LogP contribution in [0, 0.1) is 0 Å². The van der Waals surface area contributed by atoms with Gasteiger partial charge in [-0.3, -0.25) is 20.4 Å². The Morgan fingerprint density at radius 1 is 0.793 bits per heavy atom. The van der Waals surface area contributed by atoms with Gasteiger partial charge in [0.25, 0.3) is 0 Å². The summed E-state index contributed by atoms with van der Waals surface area (Å²) in [5.41, 5.74) is 6.51. The fraction of sp³-hybridized carbons (Fsp3) is 0.211. The predicted molar refractivity (Wildman–Crippen MR) is 119 cm³/mol. The van der Waals surface area contributed by atoms with Crippen LogP contribution in [-0.2, 0) is 9.59 Å². The molecule has 0 aliphatic heterocycles. The molecule has 0 atom stereocenters. The molecular formula is C19H22N4O4S2. The summed E-state index contributed by atoms with van der Waals surface area (Å²) in [6.45, 7) is 0. The van der Waals surface area contributed by atoms with Crippen molar-refractivity contribution in [2.24, 2.45) is 0 Å². The Bertz CT molecular complexity index is 829. The van der Waals surface area contributed by atoms with Crippen LogP contribution in [0.4, 0.5) is 11.4 Å². The summed E-state index contributed by atoms with van der Waals surface area (Å²) in [5.74, 6) is 1.20. The van der Waals surface area contributed by atoms with Gasteiger partial charge in [0, 0.05) is 11.4 Å². The van der Waals surface area contributed by atoms with Gasteiger partial charge >= 0.3 is 0 Å². The molecule has 0 radical (unpaired) electrons. The van der Waals surface area contributed by atoms with E-state index in [1.165, 1.54) is 11.8 Å². The van der Waals surface area contributed by atoms with Crippen LogP contribution >= 0.6 is 24.0 Å². The molecule has 0 saturated carbocycles. The predicted octanol–water partition coefficient (Wildman–Crippen LogP) is 2.39. The number of ether oxygens (including phenoxy) is 2. The average Bonchev–Trinajstić information content (AvgIpc) is 2.73. The quantitative estimate of drug-likeness (QED) is 0.371. The first-order chi connectivity index (χ1) is 14.0. The molecule has 0 fully saturated rings. The van der Waals surface area contributed by atoms with Crippen molar-refractivity contribution in [2.75, 3.05) is 36.4 Å². The van der Waals surface area contributed by atoms with Gasteiger partial charge in [0.2, 0.25) is 11.8 Å². The van der Waals surface area contributed by atoms with Crippen LogP contribution in [0.3, 0.4) is 0 Å². The van der Waals surface area contributed by atoms with Crippen LogP contribution in [0.5, 0.6) is 11.5 Å². The van der Waals surface area contributed by atoms with E-state index in [2.05, 4.69) is 21.5 Å². The number of amides is 2. The average molecular weight is 435 g/mol. The zero-order valence-electron chi connectivity index (χ0n) is 16.0. The van der Waals surface area contributed by atoms with Crippen molar-refractivity contribution < 1.29 is 19.1 Å². The molecule has 2 aromatic carbocycles. The van der Waals surface area contributed by atoms with Crippen molar-refractivity contribution in [1.82, 2.24) is 10.9 Å². The molecule has 0 heterocycles. The standard InChI is InChI=1S/C19H22N4O4S2/c1-26-15-7-3-13(4-8-15)20-17(24)11-29-12-18(25)22-23-19(28)21-14-5-9-16(27-2)10-6-14/h3-10H,11-12H2,1-2H3,(H,20,24)(H,22,25)(H2,21,23,28). The van der Waals surface area contributed by atoms with Gasteiger partial charge in [-0.1, -0.05) is 0 Å². The number of hydrazine groups is 1. The summed E-state index contributed by atoms with van der Waals surface area (Å²) in [6.07, 6.45) is 0. The van der Waals surface area contributed by atoms with Crippen molar-refractivity contribution in [1.29, 1.82) is 0 Å². The number of hydrogen-bond acceptors (Lipinski definition) is 6. The Hall–Kier alpha value is -2.98. The van der Waals surface area contributed by atoms with E-state index in [0.29, 0.717) is 11.4 Å². The fourth-order valence-corrected chi connectivity index (χ4v) is 2.89. The lowest BCUT2D eigenvalue weighted by Crippen LogP contribution is -2.44. The molecule has 0 saturated heterocycles. The maximum atomic E-state index is 11.9. The summed E-state index contributed by atoms with van der Waals surface area (Å²) in [4.78, 5) is 23.8. The SMILES string of the molecule is COc1ccc(NC(=O)CSCC(=O)NNC(=S)Nc2ccc(OC)cc2)cc1. The number of nitrogens with one attached hydrogen (secondary N) is 4. The van der Waals surface area contributed by atoms with E-state index < -0.39 is 0 Å². The van der Waals surface area contributed by atoms with Gasteiger partial charge in [0.15, 0.2) is 5.11 Å². The number of rotatable bonds is 8. The van der Waals surface area contributed by atoms with Gasteiger partial charge < -0.3 is 20.1 Å². The van der Waals surface area contributed by atoms with Gasteiger partial charge in [-0.15, -0.1) is 11.8 Å². The highest BCUT2D eigenvalue weighted by Crippen LogP contribution is 2.16. The van der Waals surface area contributed by atoms with Crippen molar-refractivity contribution in [3.63, 3.8) is 0 Å². The van der Waals surface area contributed by atoms with E-state index in [9.17, 15) is 9.59 Å². The second kappa shape index (κ2) is 11.8. The van der Waals surface area contributed by atoms with Crippen LogP contribution in [0.2, 0.25) is 0 Å². The molecule has 0 spiro atoms. The van der Waals surface area contributed by atoms with Crippen molar-refractivity contribution in [2.45, 2.75) is 0 Å². The largest absolute Gasteiger partial charge is 0.497 e. The molecule has 2 amide bonds. The van der Waals surface area contributed by atoms with Gasteiger partial charge in [-0.25, -0.2) is 0 Å². The molecule has 29 heavy (non-hydrogen) atoms. The van der Waals surface area contributed by atoms with Gasteiger partial charge in [-0.05, 0) is 60.7 Å². The molecule has 2 rings (SSSR count). The van der Waals surface area contributed by atoms with Crippen molar-refractivity contribution in [3.8, 4) is 11.5 Å². The third-order valence-corrected chi connectivity index (χ3v) is 4.64. The van der Waals surface area contributed by atoms with E-state index >= 15 is 0 Å². The molecule has 10 heteroatoms. The lowest BCUT2D eigenvalue weighted by Gasteiger charge is -2.12. The summed E-state index contributed by atoms with van der Waals surface area (Å²) in [7, 11) is 3.16. The van der Waals surface area contributed by atoms with Crippen LogP contribution < -0.4 is 31.0 Å². The molecule has 4 N–H and O–H groups in total. The minimum atomic E-state index is -0.300. The number of benzene rings is 2. The maximum absolute atomic E-state index is 11.9. The lowest BCUT2D eigenvalue weighted by atomic mass is 10.3. The van der Waals surface area contributed by atoms with E-state index in [1.807, 2.05) is 0 Å². The number of carbonyl (C=O) groups is 2. The van der Waals surface area contributed by atoms with Gasteiger partial charge in [-0.2, -0.15) is 0 Å². The number of thioether (sulfide) groups is 1. The summed E-state index contributed by atoms with van der Waals surface area (Å²) in [6, 6.07) is 14.2. The highest BCUT2D eigenvalue weighted by molar-refractivity contribution is 8.00. The van der Waals surface area contributed by atoms with Gasteiger partial charge in [0.05, 0.1) is 25.7 Å². The number of carbonyl (C=O) groups excluding carboxylic acids is 2. The maximum Gasteiger partial charge on any atom is 0.248 e. The van der Waals surface area contributed by atoms with Gasteiger partial charge in [0.1, 0.15) is 11.5 Å². The molecular weight excluding hydrogens is 412 g/mol. The first kappa shape index (κ1) is 22.3. The highest BCUT2D eigenvalue weighted by Gasteiger charge is 2.07. The molecule has 0 bridgehead atoms. The summed E-state index contributed by atoms with van der Waals surface area (Å²) in [5, 5.41) is 5.92. The molecule has 154 valence electrons. The smallest absolute Gasteiger partial charge is 0.248 e. The minimum Gasteiger partial charge on any atom is -0.497 e. The van der Waals surface area contributed by atoms with E-state index in [4.69, 9.17) is 21.7 Å². The summed E-state index contributed by atoms with van der Waals surface area (Å²) >= 11 is 6.30. The topological polar surface area (TPSA) is 101 Å². The number of thiocarbonyl (C=S) groups is 1. The lowest BCUT2D eigenvalue weighted by molar-refractivity contribution is -0.119. The molecule has 2 aromatic rings. The first-order valence-electron chi connectivity index (χ1n) is 8.51. The van der Waals surface area contributed by atoms with E-state index in [0.717, 1.165) is 11.4 Å². The molecule has 8 nitrogen and oxygen atoms in total. The third kappa shape index (κ3) is 8.28. The Labute approximate surface area is 178 Å². The van der Waals surface area contributed by atoms with Crippen molar-refractivity contribution >= 4 is 52.3 Å². The van der Waals surface area contributed by atoms with E-state index in [-0.39, 0.29) is 28.4 Å². The van der Waals surface area contributed by atoms with Crippen molar-refractivity contribution in [3.05, 3.63) is 48.5 Å². The Morgan fingerprint density at radius 2 is 1.28 bits per heavy atom. The van der Waals surface area contributed by atoms with E-state index in [1.54, 1.807) is 62.8 Å². The Morgan fingerprint density at radius 3 is 1.79 bits per heavy atom. The number of methoxy groups -OCH3 is 2. The number of hydrogen-bond donors (Lipinski definition) is 4. The fourth-order valence-electron chi connectivity index (χ4n) is 2.11. The Balaban J connectivity index is 1.61. The third-order valence-electron chi connectivity index (χ3n) is 3.50. The minimum absolute atomic E-state index is 0.105. The Kier molecular flexibility index (Phi) is 9.06. The van der Waals surface area contributed by atoms with Crippen LogP contribution in [-0.4, -0.2) is 42.7 Å². The number of anilines is 2. The van der Waals surface area contributed by atoms with Crippen LogP contribution in [0.15, 0.2) is 48.5 Å². The molecule has 0 aliphatic rings.